The smallest absolute Gasteiger partial charge is 0.0546 e. The third-order valence-corrected chi connectivity index (χ3v) is 3.39. The van der Waals surface area contributed by atoms with Crippen LogP contribution in [-0.4, -0.2) is 11.2 Å². The molecular formula is C16H26O. The van der Waals surface area contributed by atoms with E-state index in [-0.39, 0.29) is 6.10 Å². The Morgan fingerprint density at radius 2 is 1.76 bits per heavy atom. The van der Waals surface area contributed by atoms with Crippen LogP contribution in [0.25, 0.3) is 0 Å². The second-order valence-electron chi connectivity index (χ2n) is 5.05. The number of rotatable bonds is 8. The molecule has 0 heterocycles. The molecular weight excluding hydrogens is 208 g/mol. The van der Waals surface area contributed by atoms with Crippen molar-refractivity contribution >= 4 is 0 Å². The molecule has 0 aliphatic rings. The molecule has 0 aliphatic heterocycles. The number of hydrogen-bond acceptors (Lipinski definition) is 1. The molecule has 0 saturated heterocycles. The van der Waals surface area contributed by atoms with Crippen molar-refractivity contribution in [3.8, 4) is 0 Å². The Morgan fingerprint density at radius 1 is 1.06 bits per heavy atom. The highest BCUT2D eigenvalue weighted by Crippen LogP contribution is 2.22. The zero-order chi connectivity index (χ0) is 12.5. The Bertz CT molecular complexity index is 281. The van der Waals surface area contributed by atoms with E-state index in [1.165, 1.54) is 24.8 Å². The first-order valence-electron chi connectivity index (χ1n) is 6.97. The normalized spacial score (nSPS) is 14.5. The standard InChI is InChI=1S/C16H26O/c1-3-4-5-9-12-16(17)13-14(2)15-10-7-6-8-11-15/h6-8,10-11,14,16-17H,3-5,9,12-13H2,1-2H3/t14-,16+/m1/s1. The molecule has 1 N–H and O–H groups in total. The molecule has 1 nitrogen and oxygen atoms in total. The fraction of sp³-hybridized carbons (Fsp3) is 0.625. The lowest BCUT2D eigenvalue weighted by Gasteiger charge is -2.16. The second-order valence-corrected chi connectivity index (χ2v) is 5.05. The first-order valence-corrected chi connectivity index (χ1v) is 6.97. The first-order chi connectivity index (χ1) is 8.24. The molecule has 0 unspecified atom stereocenters. The van der Waals surface area contributed by atoms with E-state index in [0.717, 1.165) is 19.3 Å². The summed E-state index contributed by atoms with van der Waals surface area (Å²) < 4.78 is 0. The summed E-state index contributed by atoms with van der Waals surface area (Å²) in [7, 11) is 0. The van der Waals surface area contributed by atoms with Gasteiger partial charge in [0.15, 0.2) is 0 Å². The maximum atomic E-state index is 9.98. The number of aliphatic hydroxyl groups excluding tert-OH is 1. The summed E-state index contributed by atoms with van der Waals surface area (Å²) in [5, 5.41) is 9.98. The highest BCUT2D eigenvalue weighted by Gasteiger charge is 2.11. The Balaban J connectivity index is 2.24. The van der Waals surface area contributed by atoms with Crippen molar-refractivity contribution in [3.05, 3.63) is 35.9 Å². The van der Waals surface area contributed by atoms with Crippen LogP contribution in [0.3, 0.4) is 0 Å². The number of unbranched alkanes of at least 4 members (excludes halogenated alkanes) is 3. The average molecular weight is 234 g/mol. The van der Waals surface area contributed by atoms with Gasteiger partial charge in [-0.25, -0.2) is 0 Å². The van der Waals surface area contributed by atoms with Crippen molar-refractivity contribution in [2.75, 3.05) is 0 Å². The van der Waals surface area contributed by atoms with E-state index in [0.29, 0.717) is 5.92 Å². The van der Waals surface area contributed by atoms with Gasteiger partial charge in [-0.15, -0.1) is 0 Å². The van der Waals surface area contributed by atoms with E-state index < -0.39 is 0 Å². The van der Waals surface area contributed by atoms with Crippen LogP contribution < -0.4 is 0 Å². The molecule has 0 spiro atoms. The van der Waals surface area contributed by atoms with Crippen molar-refractivity contribution in [1.82, 2.24) is 0 Å². The fourth-order valence-corrected chi connectivity index (χ4v) is 2.25. The molecule has 2 atom stereocenters. The molecule has 0 amide bonds. The first kappa shape index (κ1) is 14.2. The van der Waals surface area contributed by atoms with E-state index in [4.69, 9.17) is 0 Å². The van der Waals surface area contributed by atoms with Gasteiger partial charge in [-0.2, -0.15) is 0 Å². The topological polar surface area (TPSA) is 20.2 Å². The van der Waals surface area contributed by atoms with Crippen LogP contribution in [0, 0.1) is 0 Å². The predicted octanol–water partition coefficient (Wildman–Crippen LogP) is 4.51. The number of benzene rings is 1. The van der Waals surface area contributed by atoms with E-state index in [2.05, 4.69) is 38.1 Å². The molecule has 1 heteroatoms. The molecule has 1 aromatic carbocycles. The minimum Gasteiger partial charge on any atom is -0.393 e. The lowest BCUT2D eigenvalue weighted by Crippen LogP contribution is -2.10. The molecule has 1 aromatic rings. The molecule has 96 valence electrons. The van der Waals surface area contributed by atoms with Crippen LogP contribution in [0.15, 0.2) is 30.3 Å². The minimum absolute atomic E-state index is 0.137. The van der Waals surface area contributed by atoms with Gasteiger partial charge in [0.05, 0.1) is 6.10 Å². The van der Waals surface area contributed by atoms with Crippen molar-refractivity contribution < 1.29 is 5.11 Å². The fourth-order valence-electron chi connectivity index (χ4n) is 2.25. The third kappa shape index (κ3) is 5.88. The molecule has 1 rings (SSSR count). The van der Waals surface area contributed by atoms with Crippen molar-refractivity contribution in [1.29, 1.82) is 0 Å². The Morgan fingerprint density at radius 3 is 2.41 bits per heavy atom. The van der Waals surface area contributed by atoms with Gasteiger partial charge in [0.1, 0.15) is 0 Å². The monoisotopic (exact) mass is 234 g/mol. The van der Waals surface area contributed by atoms with Crippen molar-refractivity contribution in [2.24, 2.45) is 0 Å². The van der Waals surface area contributed by atoms with E-state index in [1.54, 1.807) is 0 Å². The Labute approximate surface area is 106 Å². The highest BCUT2D eigenvalue weighted by molar-refractivity contribution is 5.18. The molecule has 0 aliphatic carbocycles. The lowest BCUT2D eigenvalue weighted by atomic mass is 9.93. The lowest BCUT2D eigenvalue weighted by molar-refractivity contribution is 0.144. The van der Waals surface area contributed by atoms with Gasteiger partial charge in [-0.1, -0.05) is 69.9 Å². The van der Waals surface area contributed by atoms with Crippen LogP contribution in [0.2, 0.25) is 0 Å². The molecule has 17 heavy (non-hydrogen) atoms. The van der Waals surface area contributed by atoms with Crippen LogP contribution in [0.5, 0.6) is 0 Å². The molecule has 0 saturated carbocycles. The Hall–Kier alpha value is -0.820. The summed E-state index contributed by atoms with van der Waals surface area (Å²) in [6.07, 6.45) is 6.68. The quantitative estimate of drug-likeness (QED) is 0.656. The highest BCUT2D eigenvalue weighted by atomic mass is 16.3. The maximum Gasteiger partial charge on any atom is 0.0546 e. The van der Waals surface area contributed by atoms with Gasteiger partial charge >= 0.3 is 0 Å². The SMILES string of the molecule is CCCCCC[C@H](O)C[C@@H](C)c1ccccc1. The maximum absolute atomic E-state index is 9.98. The molecule has 0 aromatic heterocycles. The van der Waals surface area contributed by atoms with Crippen LogP contribution in [0.4, 0.5) is 0 Å². The van der Waals surface area contributed by atoms with Gasteiger partial charge in [0.2, 0.25) is 0 Å². The summed E-state index contributed by atoms with van der Waals surface area (Å²) in [4.78, 5) is 0. The average Bonchev–Trinajstić information content (AvgIpc) is 2.36. The van der Waals surface area contributed by atoms with Crippen LogP contribution in [0.1, 0.15) is 63.9 Å². The van der Waals surface area contributed by atoms with Gasteiger partial charge in [0, 0.05) is 0 Å². The van der Waals surface area contributed by atoms with Gasteiger partial charge in [-0.3, -0.25) is 0 Å². The largest absolute Gasteiger partial charge is 0.393 e. The molecule has 0 bridgehead atoms. The summed E-state index contributed by atoms with van der Waals surface area (Å²) in [6.45, 7) is 4.42. The summed E-state index contributed by atoms with van der Waals surface area (Å²) >= 11 is 0. The van der Waals surface area contributed by atoms with Crippen molar-refractivity contribution in [2.45, 2.75) is 64.4 Å². The van der Waals surface area contributed by atoms with E-state index in [9.17, 15) is 5.11 Å². The van der Waals surface area contributed by atoms with Gasteiger partial charge < -0.3 is 5.11 Å². The Kier molecular flexibility index (Phi) is 6.95. The third-order valence-electron chi connectivity index (χ3n) is 3.39. The predicted molar refractivity (Wildman–Crippen MR) is 74.2 cm³/mol. The molecule has 0 radical (unpaired) electrons. The van der Waals surface area contributed by atoms with Crippen LogP contribution >= 0.6 is 0 Å². The summed E-state index contributed by atoms with van der Waals surface area (Å²) in [5.74, 6) is 0.456. The summed E-state index contributed by atoms with van der Waals surface area (Å²) in [5.41, 5.74) is 1.33. The van der Waals surface area contributed by atoms with E-state index in [1.807, 2.05) is 6.07 Å². The zero-order valence-corrected chi connectivity index (χ0v) is 11.2. The number of hydrogen-bond donors (Lipinski definition) is 1. The minimum atomic E-state index is -0.137. The van der Waals surface area contributed by atoms with Crippen LogP contribution in [-0.2, 0) is 0 Å². The van der Waals surface area contributed by atoms with Gasteiger partial charge in [-0.05, 0) is 24.3 Å². The zero-order valence-electron chi connectivity index (χ0n) is 11.2. The van der Waals surface area contributed by atoms with Gasteiger partial charge in [0.25, 0.3) is 0 Å². The van der Waals surface area contributed by atoms with Crippen molar-refractivity contribution in [3.63, 3.8) is 0 Å². The van der Waals surface area contributed by atoms with E-state index >= 15 is 0 Å². The second kappa shape index (κ2) is 8.30. The molecule has 0 fully saturated rings. The summed E-state index contributed by atoms with van der Waals surface area (Å²) in [6, 6.07) is 10.5. The number of aliphatic hydroxyl groups is 1.